The summed E-state index contributed by atoms with van der Waals surface area (Å²) in [5.41, 5.74) is 2.89. The zero-order chi connectivity index (χ0) is 24.3. The number of aromatic nitrogens is 1. The van der Waals surface area contributed by atoms with Gasteiger partial charge >= 0.3 is 0 Å². The molecule has 1 aromatic heterocycles. The van der Waals surface area contributed by atoms with Gasteiger partial charge < -0.3 is 10.6 Å². The van der Waals surface area contributed by atoms with E-state index in [2.05, 4.69) is 15.6 Å². The van der Waals surface area contributed by atoms with Crippen molar-refractivity contribution in [3.8, 4) is 0 Å². The molecule has 0 spiro atoms. The number of amides is 2. The predicted octanol–water partition coefficient (Wildman–Crippen LogP) is 4.02. The normalized spacial score (nSPS) is 14.3. The number of sulfonamides is 1. The molecule has 178 valence electrons. The minimum Gasteiger partial charge on any atom is -0.326 e. The summed E-state index contributed by atoms with van der Waals surface area (Å²) >= 11 is 1.31. The molecule has 0 atom stereocenters. The second kappa shape index (κ2) is 10.1. The van der Waals surface area contributed by atoms with Crippen LogP contribution in [-0.4, -0.2) is 48.4 Å². The molecule has 3 aromatic rings. The summed E-state index contributed by atoms with van der Waals surface area (Å²) in [6.45, 7) is 4.48. The Labute approximate surface area is 203 Å². The Hall–Kier alpha value is -2.95. The zero-order valence-corrected chi connectivity index (χ0v) is 20.6. The molecule has 0 bridgehead atoms. The molecule has 34 heavy (non-hydrogen) atoms. The van der Waals surface area contributed by atoms with Gasteiger partial charge in [0.15, 0.2) is 0 Å². The fourth-order valence-electron chi connectivity index (χ4n) is 3.83. The first-order valence-electron chi connectivity index (χ1n) is 10.9. The van der Waals surface area contributed by atoms with E-state index in [4.69, 9.17) is 0 Å². The van der Waals surface area contributed by atoms with E-state index in [0.29, 0.717) is 35.0 Å². The number of anilines is 2. The molecule has 0 unspecified atom stereocenters. The minimum absolute atomic E-state index is 0.157. The second-order valence-corrected chi connectivity index (χ2v) is 11.1. The van der Waals surface area contributed by atoms with Crippen LogP contribution < -0.4 is 10.6 Å². The molecule has 0 saturated carbocycles. The fraction of sp³-hybridized carbons (Fsp3) is 0.292. The number of hydrogen-bond donors (Lipinski definition) is 2. The minimum atomic E-state index is -3.49. The van der Waals surface area contributed by atoms with E-state index in [-0.39, 0.29) is 22.5 Å². The molecular formula is C24H26N4O4S2. The Morgan fingerprint density at radius 1 is 1.00 bits per heavy atom. The van der Waals surface area contributed by atoms with E-state index in [1.54, 1.807) is 42.5 Å². The van der Waals surface area contributed by atoms with Crippen LogP contribution in [0.4, 0.5) is 11.4 Å². The summed E-state index contributed by atoms with van der Waals surface area (Å²) in [5, 5.41) is 6.98. The molecule has 2 amide bonds. The van der Waals surface area contributed by atoms with Crippen LogP contribution in [0.2, 0.25) is 0 Å². The van der Waals surface area contributed by atoms with Crippen LogP contribution in [0, 0.1) is 6.92 Å². The highest BCUT2D eigenvalue weighted by Gasteiger charge is 2.27. The van der Waals surface area contributed by atoms with E-state index >= 15 is 0 Å². The first kappa shape index (κ1) is 24.2. The van der Waals surface area contributed by atoms with Gasteiger partial charge in [-0.15, -0.1) is 0 Å². The molecule has 0 aliphatic carbocycles. The number of carbonyl (C=O) groups is 2. The SMILES string of the molecule is CC(=O)Nc1ccc(NC(=O)CSc2cc(C)c3cc(S(=O)(=O)N4CCCC4)ccc3n2)cc1. The largest absolute Gasteiger partial charge is 0.326 e. The summed E-state index contributed by atoms with van der Waals surface area (Å²) in [7, 11) is -3.49. The Balaban J connectivity index is 1.42. The highest BCUT2D eigenvalue weighted by molar-refractivity contribution is 7.99. The van der Waals surface area contributed by atoms with Gasteiger partial charge in [0.25, 0.3) is 0 Å². The number of rotatable bonds is 7. The van der Waals surface area contributed by atoms with Gasteiger partial charge in [-0.05, 0) is 73.9 Å². The van der Waals surface area contributed by atoms with Crippen molar-refractivity contribution in [3.05, 3.63) is 54.1 Å². The lowest BCUT2D eigenvalue weighted by atomic mass is 10.1. The maximum Gasteiger partial charge on any atom is 0.243 e. The lowest BCUT2D eigenvalue weighted by molar-refractivity contribution is -0.114. The van der Waals surface area contributed by atoms with Gasteiger partial charge in [0.1, 0.15) is 0 Å². The van der Waals surface area contributed by atoms with Gasteiger partial charge in [-0.25, -0.2) is 13.4 Å². The molecule has 0 radical (unpaired) electrons. The number of benzene rings is 2. The van der Waals surface area contributed by atoms with E-state index < -0.39 is 10.0 Å². The molecule has 1 aliphatic rings. The standard InChI is InChI=1S/C24H26N4O4S2/c1-16-13-24(33-15-23(30)26-19-7-5-18(6-8-19)25-17(2)29)27-22-10-9-20(14-21(16)22)34(31,32)28-11-3-4-12-28/h5-10,13-14H,3-4,11-12,15H2,1-2H3,(H,25,29)(H,26,30). The smallest absolute Gasteiger partial charge is 0.243 e. The summed E-state index contributed by atoms with van der Waals surface area (Å²) in [4.78, 5) is 28.4. The summed E-state index contributed by atoms with van der Waals surface area (Å²) < 4.78 is 27.3. The van der Waals surface area contributed by atoms with E-state index in [9.17, 15) is 18.0 Å². The Bertz CT molecular complexity index is 1340. The third kappa shape index (κ3) is 5.57. The zero-order valence-electron chi connectivity index (χ0n) is 19.0. The topological polar surface area (TPSA) is 108 Å². The van der Waals surface area contributed by atoms with Crippen molar-refractivity contribution >= 4 is 55.9 Å². The van der Waals surface area contributed by atoms with E-state index in [1.165, 1.54) is 23.0 Å². The number of pyridine rings is 1. The number of thioether (sulfide) groups is 1. The van der Waals surface area contributed by atoms with E-state index in [1.807, 2.05) is 13.0 Å². The molecule has 2 N–H and O–H groups in total. The van der Waals surface area contributed by atoms with Crippen molar-refractivity contribution in [2.75, 3.05) is 29.5 Å². The quantitative estimate of drug-likeness (QED) is 0.477. The first-order valence-corrected chi connectivity index (χ1v) is 13.4. The molecular weight excluding hydrogens is 472 g/mol. The van der Waals surface area contributed by atoms with E-state index in [0.717, 1.165) is 23.8 Å². The molecule has 1 aliphatic heterocycles. The van der Waals surface area contributed by atoms with Gasteiger partial charge in [-0.3, -0.25) is 9.59 Å². The predicted molar refractivity (Wildman–Crippen MR) is 135 cm³/mol. The molecule has 2 heterocycles. The lowest BCUT2D eigenvalue weighted by Gasteiger charge is -2.16. The third-order valence-corrected chi connectivity index (χ3v) is 8.31. The highest BCUT2D eigenvalue weighted by Crippen LogP contribution is 2.28. The van der Waals surface area contributed by atoms with Crippen molar-refractivity contribution in [1.29, 1.82) is 0 Å². The average molecular weight is 499 g/mol. The Morgan fingerprint density at radius 2 is 1.65 bits per heavy atom. The number of hydrogen-bond acceptors (Lipinski definition) is 6. The second-order valence-electron chi connectivity index (χ2n) is 8.16. The van der Waals surface area contributed by atoms with Gasteiger partial charge in [-0.1, -0.05) is 11.8 Å². The van der Waals surface area contributed by atoms with Crippen molar-refractivity contribution < 1.29 is 18.0 Å². The van der Waals surface area contributed by atoms with Gasteiger partial charge in [0, 0.05) is 36.8 Å². The van der Waals surface area contributed by atoms with Crippen LogP contribution in [0.25, 0.3) is 10.9 Å². The maximum absolute atomic E-state index is 12.9. The van der Waals surface area contributed by atoms with Crippen LogP contribution in [0.15, 0.2) is 58.5 Å². The highest BCUT2D eigenvalue weighted by atomic mass is 32.2. The molecule has 8 nitrogen and oxygen atoms in total. The Morgan fingerprint density at radius 3 is 2.29 bits per heavy atom. The molecule has 2 aromatic carbocycles. The van der Waals surface area contributed by atoms with Crippen LogP contribution >= 0.6 is 11.8 Å². The number of aryl methyl sites for hydroxylation is 1. The lowest BCUT2D eigenvalue weighted by Crippen LogP contribution is -2.27. The monoisotopic (exact) mass is 498 g/mol. The van der Waals surface area contributed by atoms with Crippen molar-refractivity contribution in [1.82, 2.24) is 9.29 Å². The molecule has 1 saturated heterocycles. The van der Waals surface area contributed by atoms with Gasteiger partial charge in [0.05, 0.1) is 21.2 Å². The van der Waals surface area contributed by atoms with Crippen LogP contribution in [0.5, 0.6) is 0 Å². The van der Waals surface area contributed by atoms with Gasteiger partial charge in [-0.2, -0.15) is 4.31 Å². The summed E-state index contributed by atoms with van der Waals surface area (Å²) in [6, 6.07) is 13.8. The summed E-state index contributed by atoms with van der Waals surface area (Å²) in [6.07, 6.45) is 1.79. The van der Waals surface area contributed by atoms with Crippen LogP contribution in [0.3, 0.4) is 0 Å². The van der Waals surface area contributed by atoms with Gasteiger partial charge in [0.2, 0.25) is 21.8 Å². The van der Waals surface area contributed by atoms with Crippen molar-refractivity contribution in [3.63, 3.8) is 0 Å². The van der Waals surface area contributed by atoms with Crippen LogP contribution in [-0.2, 0) is 19.6 Å². The number of carbonyl (C=O) groups excluding carboxylic acids is 2. The number of nitrogens with one attached hydrogen (secondary N) is 2. The third-order valence-electron chi connectivity index (χ3n) is 5.51. The Kier molecular flexibility index (Phi) is 7.20. The van der Waals surface area contributed by atoms with Crippen LogP contribution in [0.1, 0.15) is 25.3 Å². The maximum atomic E-state index is 12.9. The van der Waals surface area contributed by atoms with Crippen molar-refractivity contribution in [2.45, 2.75) is 36.6 Å². The average Bonchev–Trinajstić information content (AvgIpc) is 3.34. The molecule has 1 fully saturated rings. The van der Waals surface area contributed by atoms with Crippen molar-refractivity contribution in [2.24, 2.45) is 0 Å². The molecule has 10 heteroatoms. The number of nitrogens with zero attached hydrogens (tertiary/aromatic N) is 2. The first-order chi connectivity index (χ1) is 16.2. The fourth-order valence-corrected chi connectivity index (χ4v) is 6.15. The molecule has 4 rings (SSSR count). The number of fused-ring (bicyclic) bond motifs is 1. The summed E-state index contributed by atoms with van der Waals surface area (Å²) in [5.74, 6) is -0.160.